The number of ether oxygens (including phenoxy) is 1. The smallest absolute Gasteiger partial charge is 0.319 e. The molecule has 0 unspecified atom stereocenters. The van der Waals surface area contributed by atoms with E-state index in [1.54, 1.807) is 15.3 Å². The summed E-state index contributed by atoms with van der Waals surface area (Å²) < 4.78 is 32.9. The number of hydrogen-bond donors (Lipinski definition) is 2. The van der Waals surface area contributed by atoms with Crippen molar-refractivity contribution in [3.8, 4) is 5.75 Å². The molecule has 1 aromatic rings. The van der Waals surface area contributed by atoms with Gasteiger partial charge >= 0.3 is 6.03 Å². The van der Waals surface area contributed by atoms with Gasteiger partial charge in [0.15, 0.2) is 4.75 Å². The van der Waals surface area contributed by atoms with Crippen molar-refractivity contribution in [3.63, 3.8) is 0 Å². The first kappa shape index (κ1) is 29.0. The Morgan fingerprint density at radius 1 is 1.00 bits per heavy atom. The maximum absolute atomic E-state index is 13.8. The van der Waals surface area contributed by atoms with E-state index in [2.05, 4.69) is 11.8 Å². The van der Waals surface area contributed by atoms with E-state index in [1.165, 1.54) is 4.31 Å². The van der Waals surface area contributed by atoms with Crippen molar-refractivity contribution >= 4 is 27.6 Å². The average Bonchev–Trinajstić information content (AvgIpc) is 2.93. The second-order valence-electron chi connectivity index (χ2n) is 9.46. The van der Waals surface area contributed by atoms with Gasteiger partial charge in [0, 0.05) is 58.0 Å². The second-order valence-corrected chi connectivity index (χ2v) is 11.7. The number of benzene rings is 1. The van der Waals surface area contributed by atoms with Crippen LogP contribution in [0.1, 0.15) is 46.5 Å². The number of anilines is 1. The Labute approximate surface area is 220 Å². The van der Waals surface area contributed by atoms with E-state index < -0.39 is 20.7 Å². The first-order chi connectivity index (χ1) is 17.7. The van der Waals surface area contributed by atoms with Crippen LogP contribution in [0.25, 0.3) is 0 Å². The number of unbranched alkanes of at least 4 members (excludes halogenated alkanes) is 1. The van der Waals surface area contributed by atoms with E-state index in [9.17, 15) is 23.2 Å². The molecule has 37 heavy (non-hydrogen) atoms. The number of piperazine rings is 1. The van der Waals surface area contributed by atoms with Gasteiger partial charge in [0.05, 0.1) is 6.61 Å². The standard InChI is InChI=1S/C25H41N5O6S/c1-4-7-20-36-22-10-8-21(9-11-22)28-16-18-30(19-17-28)37(34,35)25(23(31)26-33)12-14-29(15-13-25)24(32)27(5-2)6-3/h8-11,33H,4-7,12-20H2,1-3H3,(H,26,31). The van der Waals surface area contributed by atoms with Gasteiger partial charge in [-0.25, -0.2) is 18.7 Å². The Morgan fingerprint density at radius 3 is 2.11 bits per heavy atom. The summed E-state index contributed by atoms with van der Waals surface area (Å²) >= 11 is 0. The predicted molar refractivity (Wildman–Crippen MR) is 141 cm³/mol. The number of hydrogen-bond acceptors (Lipinski definition) is 7. The summed E-state index contributed by atoms with van der Waals surface area (Å²) in [6.45, 7) is 9.28. The molecular formula is C25H41N5O6S. The Bertz CT molecular complexity index is 999. The van der Waals surface area contributed by atoms with E-state index in [1.807, 2.05) is 38.1 Å². The minimum atomic E-state index is -4.10. The highest BCUT2D eigenvalue weighted by molar-refractivity contribution is 7.91. The van der Waals surface area contributed by atoms with E-state index in [-0.39, 0.29) is 45.1 Å². The van der Waals surface area contributed by atoms with Crippen molar-refractivity contribution in [2.45, 2.75) is 51.2 Å². The number of piperidine rings is 1. The fourth-order valence-corrected chi connectivity index (χ4v) is 7.10. The molecule has 0 aromatic heterocycles. The predicted octanol–water partition coefficient (Wildman–Crippen LogP) is 2.12. The van der Waals surface area contributed by atoms with Gasteiger partial charge in [-0.3, -0.25) is 10.0 Å². The van der Waals surface area contributed by atoms with Gasteiger partial charge < -0.3 is 19.4 Å². The molecule has 2 N–H and O–H groups in total. The fraction of sp³-hybridized carbons (Fsp3) is 0.680. The zero-order valence-corrected chi connectivity index (χ0v) is 23.0. The normalized spacial score (nSPS) is 18.4. The van der Waals surface area contributed by atoms with E-state index in [0.29, 0.717) is 32.8 Å². The molecule has 2 heterocycles. The lowest BCUT2D eigenvalue weighted by molar-refractivity contribution is -0.133. The van der Waals surface area contributed by atoms with E-state index in [4.69, 9.17) is 4.74 Å². The largest absolute Gasteiger partial charge is 0.494 e. The van der Waals surface area contributed by atoms with Crippen molar-refractivity contribution in [3.05, 3.63) is 24.3 Å². The molecule has 11 nitrogen and oxygen atoms in total. The highest BCUT2D eigenvalue weighted by Crippen LogP contribution is 2.35. The van der Waals surface area contributed by atoms with Crippen molar-refractivity contribution in [1.29, 1.82) is 0 Å². The molecule has 3 amide bonds. The SMILES string of the molecule is CCCCOc1ccc(N2CCN(S(=O)(=O)C3(C(=O)NO)CCN(C(=O)N(CC)CC)CC3)CC2)cc1. The first-order valence-corrected chi connectivity index (χ1v) is 14.6. The molecule has 2 saturated heterocycles. The zero-order valence-electron chi connectivity index (χ0n) is 22.2. The minimum absolute atomic E-state index is 0.0750. The molecule has 1 aromatic carbocycles. The molecule has 0 radical (unpaired) electrons. The van der Waals surface area contributed by atoms with Crippen LogP contribution >= 0.6 is 0 Å². The molecule has 0 saturated carbocycles. The summed E-state index contributed by atoms with van der Waals surface area (Å²) in [6, 6.07) is 7.60. The summed E-state index contributed by atoms with van der Waals surface area (Å²) in [5, 5.41) is 9.44. The summed E-state index contributed by atoms with van der Waals surface area (Å²) in [4.78, 5) is 30.9. The third-order valence-electron chi connectivity index (χ3n) is 7.43. The number of urea groups is 1. The molecule has 2 aliphatic heterocycles. The monoisotopic (exact) mass is 539 g/mol. The molecule has 12 heteroatoms. The Kier molecular flexibility index (Phi) is 10.0. The van der Waals surface area contributed by atoms with Crippen LogP contribution < -0.4 is 15.1 Å². The van der Waals surface area contributed by atoms with Gasteiger partial charge in [0.2, 0.25) is 10.0 Å². The molecule has 0 atom stereocenters. The van der Waals surface area contributed by atoms with Crippen LogP contribution in [-0.4, -0.2) is 103 Å². The number of hydroxylamine groups is 1. The van der Waals surface area contributed by atoms with Crippen LogP contribution in [0.2, 0.25) is 0 Å². The maximum Gasteiger partial charge on any atom is 0.319 e. The zero-order chi connectivity index (χ0) is 27.1. The number of nitrogens with one attached hydrogen (secondary N) is 1. The minimum Gasteiger partial charge on any atom is -0.494 e. The van der Waals surface area contributed by atoms with Crippen LogP contribution in [0.4, 0.5) is 10.5 Å². The highest BCUT2D eigenvalue weighted by atomic mass is 32.2. The summed E-state index contributed by atoms with van der Waals surface area (Å²) in [6.07, 6.45) is 1.92. The number of carbonyl (C=O) groups excluding carboxylic acids is 2. The van der Waals surface area contributed by atoms with Crippen LogP contribution in [0.15, 0.2) is 24.3 Å². The summed E-state index contributed by atoms with van der Waals surface area (Å²) in [7, 11) is -4.10. The number of rotatable bonds is 10. The van der Waals surface area contributed by atoms with Gasteiger partial charge in [-0.2, -0.15) is 4.31 Å². The Balaban J connectivity index is 1.67. The van der Waals surface area contributed by atoms with Crippen molar-refractivity contribution in [2.24, 2.45) is 0 Å². The van der Waals surface area contributed by atoms with Crippen molar-refractivity contribution in [2.75, 3.05) is 63.9 Å². The number of amides is 3. The van der Waals surface area contributed by atoms with Gasteiger partial charge in [-0.15, -0.1) is 0 Å². The lowest BCUT2D eigenvalue weighted by Crippen LogP contribution is -2.64. The lowest BCUT2D eigenvalue weighted by Gasteiger charge is -2.44. The third-order valence-corrected chi connectivity index (χ3v) is 10.1. The number of nitrogens with zero attached hydrogens (tertiary/aromatic N) is 4. The molecule has 2 aliphatic rings. The molecular weight excluding hydrogens is 498 g/mol. The number of carbonyl (C=O) groups is 2. The quantitative estimate of drug-likeness (QED) is 0.265. The van der Waals surface area contributed by atoms with Gasteiger partial charge in [-0.1, -0.05) is 13.3 Å². The number of likely N-dealkylation sites (tertiary alicyclic amines) is 1. The van der Waals surface area contributed by atoms with Crippen molar-refractivity contribution in [1.82, 2.24) is 19.6 Å². The molecule has 208 valence electrons. The number of sulfonamides is 1. The molecule has 3 rings (SSSR count). The fourth-order valence-electron chi connectivity index (χ4n) is 4.98. The van der Waals surface area contributed by atoms with Crippen LogP contribution in [0.3, 0.4) is 0 Å². The van der Waals surface area contributed by atoms with Gasteiger partial charge in [-0.05, 0) is 57.4 Å². The molecule has 0 bridgehead atoms. The van der Waals surface area contributed by atoms with E-state index >= 15 is 0 Å². The average molecular weight is 540 g/mol. The maximum atomic E-state index is 13.8. The Hall–Kier alpha value is -2.57. The second kappa shape index (κ2) is 12.8. The van der Waals surface area contributed by atoms with Crippen LogP contribution in [0, 0.1) is 0 Å². The lowest BCUT2D eigenvalue weighted by atomic mass is 9.95. The van der Waals surface area contributed by atoms with Crippen LogP contribution in [0.5, 0.6) is 5.75 Å². The van der Waals surface area contributed by atoms with Gasteiger partial charge in [0.1, 0.15) is 5.75 Å². The Morgan fingerprint density at radius 2 is 1.59 bits per heavy atom. The highest BCUT2D eigenvalue weighted by Gasteiger charge is 2.55. The summed E-state index contributed by atoms with van der Waals surface area (Å²) in [5.74, 6) is -0.135. The first-order valence-electron chi connectivity index (χ1n) is 13.2. The van der Waals surface area contributed by atoms with Crippen molar-refractivity contribution < 1.29 is 28.0 Å². The van der Waals surface area contributed by atoms with Gasteiger partial charge in [0.25, 0.3) is 5.91 Å². The van der Waals surface area contributed by atoms with Crippen LogP contribution in [-0.2, 0) is 14.8 Å². The van der Waals surface area contributed by atoms with E-state index in [0.717, 1.165) is 24.3 Å². The molecule has 0 aliphatic carbocycles. The molecule has 2 fully saturated rings. The summed E-state index contributed by atoms with van der Waals surface area (Å²) in [5.41, 5.74) is 2.56. The topological polar surface area (TPSA) is 123 Å². The third kappa shape index (κ3) is 6.12. The molecule has 0 spiro atoms.